The van der Waals surface area contributed by atoms with Crippen molar-refractivity contribution in [3.63, 3.8) is 0 Å². The molecule has 2 heterocycles. The molecule has 0 saturated carbocycles. The number of aromatic amines is 1. The molecule has 1 aromatic carbocycles. The fourth-order valence-electron chi connectivity index (χ4n) is 2.68. The van der Waals surface area contributed by atoms with E-state index in [1.807, 2.05) is 32.9 Å². The molecule has 6 nitrogen and oxygen atoms in total. The molecule has 0 radical (unpaired) electrons. The number of nitrogens with zero attached hydrogens (tertiary/aromatic N) is 3. The molecule has 0 saturated heterocycles. The van der Waals surface area contributed by atoms with Crippen molar-refractivity contribution < 1.29 is 0 Å². The van der Waals surface area contributed by atoms with Crippen LogP contribution < -0.4 is 10.9 Å². The molecule has 0 aliphatic carbocycles. The van der Waals surface area contributed by atoms with Crippen LogP contribution in [0.25, 0.3) is 11.0 Å². The Hall–Kier alpha value is -2.15. The largest absolute Gasteiger partial charge is 0.356 e. The van der Waals surface area contributed by atoms with Crippen molar-refractivity contribution in [2.24, 2.45) is 0 Å². The van der Waals surface area contributed by atoms with Gasteiger partial charge in [-0.15, -0.1) is 0 Å². The molecule has 0 atom stereocenters. The predicted octanol–water partition coefficient (Wildman–Crippen LogP) is 3.68. The molecule has 3 rings (SSSR count). The van der Waals surface area contributed by atoms with Crippen LogP contribution in [-0.2, 0) is 12.0 Å². The SMILES string of the molecule is CC(C)(C)n1ncc2c(=O)[nH]c(NCCCc3cccc(Br)c3)nc21. The van der Waals surface area contributed by atoms with Gasteiger partial charge < -0.3 is 5.32 Å². The van der Waals surface area contributed by atoms with E-state index in [4.69, 9.17) is 0 Å². The summed E-state index contributed by atoms with van der Waals surface area (Å²) in [5, 5.41) is 8.04. The predicted molar refractivity (Wildman–Crippen MR) is 104 cm³/mol. The van der Waals surface area contributed by atoms with Gasteiger partial charge >= 0.3 is 0 Å². The van der Waals surface area contributed by atoms with Gasteiger partial charge in [0.15, 0.2) is 5.65 Å². The number of anilines is 1. The van der Waals surface area contributed by atoms with Gasteiger partial charge in [-0.3, -0.25) is 9.78 Å². The number of rotatable bonds is 5. The number of aromatic nitrogens is 4. The van der Waals surface area contributed by atoms with Crippen molar-refractivity contribution in [2.45, 2.75) is 39.2 Å². The molecule has 0 fully saturated rings. The molecule has 0 amide bonds. The number of nitrogens with one attached hydrogen (secondary N) is 2. The van der Waals surface area contributed by atoms with Crippen LogP contribution >= 0.6 is 15.9 Å². The van der Waals surface area contributed by atoms with Crippen molar-refractivity contribution in [3.8, 4) is 0 Å². The van der Waals surface area contributed by atoms with E-state index >= 15 is 0 Å². The first-order valence-corrected chi connectivity index (χ1v) is 9.11. The van der Waals surface area contributed by atoms with E-state index in [1.54, 1.807) is 10.9 Å². The van der Waals surface area contributed by atoms with Crippen LogP contribution in [0.5, 0.6) is 0 Å². The highest BCUT2D eigenvalue weighted by molar-refractivity contribution is 9.10. The van der Waals surface area contributed by atoms with Crippen LogP contribution in [0, 0.1) is 0 Å². The quantitative estimate of drug-likeness (QED) is 0.637. The number of halogens is 1. The summed E-state index contributed by atoms with van der Waals surface area (Å²) in [5.41, 5.74) is 1.47. The molecule has 0 aliphatic heterocycles. The van der Waals surface area contributed by atoms with Crippen LogP contribution in [0.4, 0.5) is 5.95 Å². The third-order valence-corrected chi connectivity index (χ3v) is 4.39. The standard InChI is InChI=1S/C18H22BrN5O/c1-18(2,3)24-15-14(11-21-24)16(25)23-17(22-15)20-9-5-7-12-6-4-8-13(19)10-12/h4,6,8,10-11H,5,7,9H2,1-3H3,(H2,20,22,23,25). The van der Waals surface area contributed by atoms with Crippen molar-refractivity contribution >= 4 is 32.9 Å². The number of hydrogen-bond acceptors (Lipinski definition) is 4. The van der Waals surface area contributed by atoms with E-state index in [0.29, 0.717) is 17.0 Å². The van der Waals surface area contributed by atoms with Crippen molar-refractivity contribution in [1.82, 2.24) is 19.7 Å². The highest BCUT2D eigenvalue weighted by Gasteiger charge is 2.19. The second kappa shape index (κ2) is 7.00. The number of benzene rings is 1. The highest BCUT2D eigenvalue weighted by atomic mass is 79.9. The van der Waals surface area contributed by atoms with Crippen LogP contribution in [0.15, 0.2) is 39.7 Å². The van der Waals surface area contributed by atoms with Crippen molar-refractivity contribution in [3.05, 3.63) is 50.9 Å². The molecule has 132 valence electrons. The third kappa shape index (κ3) is 4.10. The van der Waals surface area contributed by atoms with E-state index in [2.05, 4.69) is 48.4 Å². The summed E-state index contributed by atoms with van der Waals surface area (Å²) < 4.78 is 2.87. The maximum atomic E-state index is 12.2. The summed E-state index contributed by atoms with van der Waals surface area (Å²) in [6, 6.07) is 8.28. The normalized spacial score (nSPS) is 11.8. The zero-order chi connectivity index (χ0) is 18.0. The Balaban J connectivity index is 1.70. The molecular formula is C18H22BrN5O. The summed E-state index contributed by atoms with van der Waals surface area (Å²) in [5.74, 6) is 0.484. The van der Waals surface area contributed by atoms with Gasteiger partial charge in [0.1, 0.15) is 5.39 Å². The zero-order valence-corrected chi connectivity index (χ0v) is 16.2. The van der Waals surface area contributed by atoms with E-state index in [9.17, 15) is 4.79 Å². The summed E-state index contributed by atoms with van der Waals surface area (Å²) >= 11 is 3.48. The smallest absolute Gasteiger partial charge is 0.263 e. The third-order valence-electron chi connectivity index (χ3n) is 3.90. The van der Waals surface area contributed by atoms with Gasteiger partial charge in [-0.1, -0.05) is 28.1 Å². The molecule has 3 aromatic rings. The maximum Gasteiger partial charge on any atom is 0.263 e. The monoisotopic (exact) mass is 403 g/mol. The van der Waals surface area contributed by atoms with Crippen LogP contribution in [0.1, 0.15) is 32.8 Å². The number of H-pyrrole nitrogens is 1. The van der Waals surface area contributed by atoms with E-state index < -0.39 is 0 Å². The first-order valence-electron chi connectivity index (χ1n) is 8.31. The Morgan fingerprint density at radius 1 is 1.32 bits per heavy atom. The summed E-state index contributed by atoms with van der Waals surface area (Å²) in [4.78, 5) is 19.6. The Bertz CT molecular complexity index is 939. The van der Waals surface area contributed by atoms with Gasteiger partial charge in [0.2, 0.25) is 5.95 Å². The van der Waals surface area contributed by atoms with Crippen LogP contribution in [0.2, 0.25) is 0 Å². The van der Waals surface area contributed by atoms with Gasteiger partial charge in [0.25, 0.3) is 5.56 Å². The molecule has 25 heavy (non-hydrogen) atoms. The highest BCUT2D eigenvalue weighted by Crippen LogP contribution is 2.18. The zero-order valence-electron chi connectivity index (χ0n) is 14.6. The van der Waals surface area contributed by atoms with Crippen LogP contribution in [-0.4, -0.2) is 26.3 Å². The van der Waals surface area contributed by atoms with Gasteiger partial charge in [0, 0.05) is 11.0 Å². The topological polar surface area (TPSA) is 75.6 Å². The molecule has 0 spiro atoms. The second-order valence-electron chi connectivity index (χ2n) is 7.04. The molecule has 0 aliphatic rings. The lowest BCUT2D eigenvalue weighted by atomic mass is 10.1. The molecular weight excluding hydrogens is 382 g/mol. The lowest BCUT2D eigenvalue weighted by Gasteiger charge is -2.19. The Morgan fingerprint density at radius 2 is 2.12 bits per heavy atom. The average Bonchev–Trinajstić information content (AvgIpc) is 2.96. The van der Waals surface area contributed by atoms with Gasteiger partial charge in [0.05, 0.1) is 11.7 Å². The number of hydrogen-bond donors (Lipinski definition) is 2. The van der Waals surface area contributed by atoms with E-state index in [-0.39, 0.29) is 11.1 Å². The number of fused-ring (bicyclic) bond motifs is 1. The summed E-state index contributed by atoms with van der Waals surface area (Å²) in [6.07, 6.45) is 3.47. The first-order chi connectivity index (χ1) is 11.8. The molecule has 0 bridgehead atoms. The lowest BCUT2D eigenvalue weighted by molar-refractivity contribution is 0.366. The van der Waals surface area contributed by atoms with Crippen molar-refractivity contribution in [1.29, 1.82) is 0 Å². The Kier molecular flexibility index (Phi) is 4.94. The number of aryl methyl sites for hydroxylation is 1. The minimum absolute atomic E-state index is 0.171. The molecule has 2 aromatic heterocycles. The fraction of sp³-hybridized carbons (Fsp3) is 0.389. The first kappa shape index (κ1) is 17.7. The maximum absolute atomic E-state index is 12.2. The second-order valence-corrected chi connectivity index (χ2v) is 7.95. The molecule has 2 N–H and O–H groups in total. The van der Waals surface area contributed by atoms with E-state index in [0.717, 1.165) is 23.9 Å². The van der Waals surface area contributed by atoms with Crippen molar-refractivity contribution in [2.75, 3.05) is 11.9 Å². The minimum Gasteiger partial charge on any atom is -0.356 e. The van der Waals surface area contributed by atoms with Gasteiger partial charge in [-0.05, 0) is 51.3 Å². The summed E-state index contributed by atoms with van der Waals surface area (Å²) in [6.45, 7) is 6.83. The van der Waals surface area contributed by atoms with E-state index in [1.165, 1.54) is 5.56 Å². The fourth-order valence-corrected chi connectivity index (χ4v) is 3.13. The minimum atomic E-state index is -0.236. The Morgan fingerprint density at radius 3 is 2.84 bits per heavy atom. The molecule has 7 heteroatoms. The lowest BCUT2D eigenvalue weighted by Crippen LogP contribution is -2.24. The van der Waals surface area contributed by atoms with Gasteiger partial charge in [-0.2, -0.15) is 10.1 Å². The molecule has 0 unspecified atom stereocenters. The average molecular weight is 404 g/mol. The summed E-state index contributed by atoms with van der Waals surface area (Å²) in [7, 11) is 0. The van der Waals surface area contributed by atoms with Gasteiger partial charge in [-0.25, -0.2) is 4.68 Å². The van der Waals surface area contributed by atoms with Crippen LogP contribution in [0.3, 0.4) is 0 Å². The Labute approximate surface area is 154 Å².